The van der Waals surface area contributed by atoms with Crippen molar-refractivity contribution in [3.63, 3.8) is 0 Å². The van der Waals surface area contributed by atoms with Gasteiger partial charge >= 0.3 is 0 Å². The number of hydrogen-bond donors (Lipinski definition) is 3. The van der Waals surface area contributed by atoms with Gasteiger partial charge in [0.25, 0.3) is 0 Å². The Kier molecular flexibility index (Phi) is 4.44. The third kappa shape index (κ3) is 2.84. The first-order valence-electron chi connectivity index (χ1n) is 6.62. The molecular formula is C14H20FN5O. The van der Waals surface area contributed by atoms with Gasteiger partial charge in [0.05, 0.1) is 19.3 Å². The molecule has 1 aromatic heterocycles. The van der Waals surface area contributed by atoms with Crippen LogP contribution in [-0.4, -0.2) is 16.9 Å². The second kappa shape index (κ2) is 6.11. The number of nitrogens with one attached hydrogen (secondary N) is 1. The van der Waals surface area contributed by atoms with Gasteiger partial charge in [0, 0.05) is 17.3 Å². The van der Waals surface area contributed by atoms with Crippen molar-refractivity contribution in [1.82, 2.24) is 15.2 Å². The lowest BCUT2D eigenvalue weighted by Gasteiger charge is -2.22. The number of rotatable bonds is 5. The maximum atomic E-state index is 13.5. The van der Waals surface area contributed by atoms with Gasteiger partial charge in [0.15, 0.2) is 5.75 Å². The van der Waals surface area contributed by atoms with E-state index >= 15 is 0 Å². The van der Waals surface area contributed by atoms with Gasteiger partial charge in [-0.1, -0.05) is 0 Å². The van der Waals surface area contributed by atoms with Gasteiger partial charge < -0.3 is 10.5 Å². The van der Waals surface area contributed by atoms with Gasteiger partial charge in [-0.15, -0.1) is 0 Å². The minimum atomic E-state index is -0.527. The van der Waals surface area contributed by atoms with Gasteiger partial charge in [-0.2, -0.15) is 5.10 Å². The average Bonchev–Trinajstić information content (AvgIpc) is 2.87. The van der Waals surface area contributed by atoms with Crippen LogP contribution in [0.1, 0.15) is 37.2 Å². The van der Waals surface area contributed by atoms with Crippen LogP contribution in [0.4, 0.5) is 10.1 Å². The Morgan fingerprint density at radius 2 is 2.10 bits per heavy atom. The highest BCUT2D eigenvalue weighted by Crippen LogP contribution is 2.34. The Hall–Kier alpha value is -2.12. The molecule has 0 aliphatic heterocycles. The van der Waals surface area contributed by atoms with E-state index < -0.39 is 6.04 Å². The van der Waals surface area contributed by atoms with Crippen molar-refractivity contribution in [2.45, 2.75) is 25.9 Å². The first kappa shape index (κ1) is 15.3. The van der Waals surface area contributed by atoms with Crippen LogP contribution in [0, 0.1) is 5.82 Å². The summed E-state index contributed by atoms with van der Waals surface area (Å²) in [4.78, 5) is 0. The van der Waals surface area contributed by atoms with E-state index in [4.69, 9.17) is 16.3 Å². The molecule has 1 unspecified atom stereocenters. The topological polar surface area (TPSA) is 91.1 Å². The molecule has 0 saturated heterocycles. The molecule has 0 aliphatic rings. The summed E-state index contributed by atoms with van der Waals surface area (Å²) in [5, 5.41) is 4.29. The van der Waals surface area contributed by atoms with E-state index in [1.807, 2.05) is 13.8 Å². The van der Waals surface area contributed by atoms with Gasteiger partial charge in [-0.3, -0.25) is 10.5 Å². The SMILES string of the molecule is COc1cnn(C(C)C)c1C(NN)c1cc(F)ccc1N. The molecule has 0 bridgehead atoms. The number of hydrogen-bond acceptors (Lipinski definition) is 5. The molecule has 5 N–H and O–H groups in total. The maximum absolute atomic E-state index is 13.5. The number of aromatic nitrogens is 2. The predicted molar refractivity (Wildman–Crippen MR) is 79.1 cm³/mol. The molecule has 0 saturated carbocycles. The van der Waals surface area contributed by atoms with Crippen molar-refractivity contribution in [3.8, 4) is 5.75 Å². The predicted octanol–water partition coefficient (Wildman–Crippen LogP) is 1.75. The zero-order valence-electron chi connectivity index (χ0n) is 12.3. The Labute approximate surface area is 122 Å². The fraction of sp³-hybridized carbons (Fsp3) is 0.357. The smallest absolute Gasteiger partial charge is 0.161 e. The van der Waals surface area contributed by atoms with Crippen molar-refractivity contribution < 1.29 is 9.13 Å². The van der Waals surface area contributed by atoms with Gasteiger partial charge in [0.2, 0.25) is 0 Å². The first-order chi connectivity index (χ1) is 9.99. The molecule has 1 atom stereocenters. The second-order valence-corrected chi connectivity index (χ2v) is 5.01. The van der Waals surface area contributed by atoms with Crippen molar-refractivity contribution in [2.24, 2.45) is 5.84 Å². The van der Waals surface area contributed by atoms with Gasteiger partial charge in [0.1, 0.15) is 11.5 Å². The lowest BCUT2D eigenvalue weighted by atomic mass is 10.0. The standard InChI is InChI=1S/C14H20FN5O/c1-8(2)20-14(12(21-3)7-18-20)13(19-17)10-6-9(15)4-5-11(10)16/h4-8,13,19H,16-17H2,1-3H3. The number of benzene rings is 1. The van der Waals surface area contributed by atoms with Crippen LogP contribution < -0.4 is 21.7 Å². The molecule has 1 aromatic carbocycles. The fourth-order valence-electron chi connectivity index (χ4n) is 2.31. The van der Waals surface area contributed by atoms with Crippen molar-refractivity contribution in [3.05, 3.63) is 41.5 Å². The summed E-state index contributed by atoms with van der Waals surface area (Å²) in [7, 11) is 1.55. The zero-order valence-corrected chi connectivity index (χ0v) is 12.3. The van der Waals surface area contributed by atoms with Crippen LogP contribution in [0.2, 0.25) is 0 Å². The van der Waals surface area contributed by atoms with E-state index in [9.17, 15) is 4.39 Å². The number of nitrogen functional groups attached to an aromatic ring is 1. The molecule has 114 valence electrons. The number of ether oxygens (including phenoxy) is 1. The second-order valence-electron chi connectivity index (χ2n) is 5.01. The molecular weight excluding hydrogens is 273 g/mol. The summed E-state index contributed by atoms with van der Waals surface area (Å²) in [6.45, 7) is 3.97. The normalized spacial score (nSPS) is 12.7. The van der Waals surface area contributed by atoms with Crippen molar-refractivity contribution >= 4 is 5.69 Å². The molecule has 0 aliphatic carbocycles. The number of anilines is 1. The lowest BCUT2D eigenvalue weighted by molar-refractivity contribution is 0.394. The Bertz CT molecular complexity index is 626. The van der Waals surface area contributed by atoms with Crippen LogP contribution in [0.15, 0.2) is 24.4 Å². The molecule has 21 heavy (non-hydrogen) atoms. The highest BCUT2D eigenvalue weighted by atomic mass is 19.1. The average molecular weight is 293 g/mol. The largest absolute Gasteiger partial charge is 0.493 e. The number of hydrazine groups is 1. The van der Waals surface area contributed by atoms with E-state index in [2.05, 4.69) is 10.5 Å². The van der Waals surface area contributed by atoms with Crippen molar-refractivity contribution in [2.75, 3.05) is 12.8 Å². The molecule has 2 aromatic rings. The van der Waals surface area contributed by atoms with Crippen LogP contribution in [0.5, 0.6) is 5.75 Å². The number of halogens is 1. The molecule has 2 rings (SSSR count). The highest BCUT2D eigenvalue weighted by Gasteiger charge is 2.25. The molecule has 0 radical (unpaired) electrons. The summed E-state index contributed by atoms with van der Waals surface area (Å²) < 4.78 is 20.7. The molecule has 1 heterocycles. The summed E-state index contributed by atoms with van der Waals surface area (Å²) >= 11 is 0. The monoisotopic (exact) mass is 293 g/mol. The summed E-state index contributed by atoms with van der Waals surface area (Å²) in [6.07, 6.45) is 1.61. The lowest BCUT2D eigenvalue weighted by Crippen LogP contribution is -2.32. The summed E-state index contributed by atoms with van der Waals surface area (Å²) in [5.74, 6) is 5.87. The van der Waals surface area contributed by atoms with Crippen LogP contribution in [-0.2, 0) is 0 Å². The van der Waals surface area contributed by atoms with E-state index in [0.717, 1.165) is 0 Å². The van der Waals surface area contributed by atoms with E-state index in [1.165, 1.54) is 18.2 Å². The third-order valence-electron chi connectivity index (χ3n) is 3.31. The Morgan fingerprint density at radius 1 is 1.38 bits per heavy atom. The maximum Gasteiger partial charge on any atom is 0.161 e. The minimum Gasteiger partial charge on any atom is -0.493 e. The Balaban J connectivity index is 2.61. The van der Waals surface area contributed by atoms with Crippen LogP contribution >= 0.6 is 0 Å². The molecule has 7 heteroatoms. The summed E-state index contributed by atoms with van der Waals surface area (Å²) in [6, 6.07) is 3.74. The number of nitrogens with two attached hydrogens (primary N) is 2. The zero-order chi connectivity index (χ0) is 15.6. The first-order valence-corrected chi connectivity index (χ1v) is 6.62. The quantitative estimate of drug-likeness (QED) is 0.444. The number of methoxy groups -OCH3 is 1. The third-order valence-corrected chi connectivity index (χ3v) is 3.31. The highest BCUT2D eigenvalue weighted by molar-refractivity contribution is 5.52. The van der Waals surface area contributed by atoms with Gasteiger partial charge in [-0.25, -0.2) is 9.82 Å². The molecule has 0 amide bonds. The van der Waals surface area contributed by atoms with E-state index in [-0.39, 0.29) is 11.9 Å². The fourth-order valence-corrected chi connectivity index (χ4v) is 2.31. The van der Waals surface area contributed by atoms with Gasteiger partial charge in [-0.05, 0) is 32.0 Å². The molecule has 0 fully saturated rings. The van der Waals surface area contributed by atoms with E-state index in [0.29, 0.717) is 22.7 Å². The summed E-state index contributed by atoms with van der Waals surface area (Å²) in [5.41, 5.74) is 10.3. The molecule has 0 spiro atoms. The van der Waals surface area contributed by atoms with Crippen LogP contribution in [0.25, 0.3) is 0 Å². The van der Waals surface area contributed by atoms with Crippen molar-refractivity contribution in [1.29, 1.82) is 0 Å². The Morgan fingerprint density at radius 3 is 2.67 bits per heavy atom. The minimum absolute atomic E-state index is 0.0922. The van der Waals surface area contributed by atoms with Crippen LogP contribution in [0.3, 0.4) is 0 Å². The molecule has 6 nitrogen and oxygen atoms in total. The number of nitrogens with zero attached hydrogens (tertiary/aromatic N) is 2. The van der Waals surface area contributed by atoms with E-state index in [1.54, 1.807) is 18.0 Å².